The van der Waals surface area contributed by atoms with Crippen molar-refractivity contribution in [3.05, 3.63) is 47.9 Å². The average molecular weight is 550 g/mol. The van der Waals surface area contributed by atoms with Crippen LogP contribution in [0.25, 0.3) is 0 Å². The smallest absolute Gasteiger partial charge is 0.387 e. The second kappa shape index (κ2) is 12.7. The van der Waals surface area contributed by atoms with E-state index in [0.717, 1.165) is 18.8 Å². The standard InChI is InChI=1S/C21H28F2N4O3.HI/c1-24-21(25-13-15-12-16(28-2)7-8-18(15)30-20(22)23)26-14-17(19-6-5-11-29-19)27-9-3-4-10-27;/h5-8,11-12,17,20H,3-4,9-10,13-14H2,1-2H3,(H2,24,25,26);1H. The van der Waals surface area contributed by atoms with Crippen LogP contribution in [0.5, 0.6) is 11.5 Å². The summed E-state index contributed by atoms with van der Waals surface area (Å²) >= 11 is 0. The number of nitrogens with zero attached hydrogens (tertiary/aromatic N) is 2. The van der Waals surface area contributed by atoms with Crippen molar-refractivity contribution in [2.45, 2.75) is 32.0 Å². The highest BCUT2D eigenvalue weighted by Gasteiger charge is 2.25. The summed E-state index contributed by atoms with van der Waals surface area (Å²) in [6.45, 7) is -0.00198. The van der Waals surface area contributed by atoms with Gasteiger partial charge in [-0.15, -0.1) is 24.0 Å². The SMILES string of the molecule is CN=C(NCc1cc(OC)ccc1OC(F)F)NCC(c1ccco1)N1CCCC1.I. The van der Waals surface area contributed by atoms with Crippen molar-refractivity contribution in [2.24, 2.45) is 4.99 Å². The molecule has 1 unspecified atom stereocenters. The molecule has 31 heavy (non-hydrogen) atoms. The third-order valence-electron chi connectivity index (χ3n) is 5.07. The highest BCUT2D eigenvalue weighted by molar-refractivity contribution is 14.0. The second-order valence-electron chi connectivity index (χ2n) is 6.93. The first-order valence-corrected chi connectivity index (χ1v) is 9.94. The summed E-state index contributed by atoms with van der Waals surface area (Å²) in [5.74, 6) is 2.11. The number of benzene rings is 1. The van der Waals surface area contributed by atoms with Crippen molar-refractivity contribution >= 4 is 29.9 Å². The number of furan rings is 1. The highest BCUT2D eigenvalue weighted by Crippen LogP contribution is 2.26. The number of hydrogen-bond acceptors (Lipinski definition) is 5. The Kier molecular flexibility index (Phi) is 10.3. The van der Waals surface area contributed by atoms with Gasteiger partial charge in [-0.3, -0.25) is 9.89 Å². The third-order valence-corrected chi connectivity index (χ3v) is 5.07. The van der Waals surface area contributed by atoms with E-state index in [1.54, 1.807) is 25.4 Å². The van der Waals surface area contributed by atoms with Crippen LogP contribution in [0.3, 0.4) is 0 Å². The molecule has 0 bridgehead atoms. The average Bonchev–Trinajstić information content (AvgIpc) is 3.46. The molecular formula is C21H29F2IN4O3. The van der Waals surface area contributed by atoms with Gasteiger partial charge in [0.05, 0.1) is 19.4 Å². The molecule has 2 aromatic rings. The summed E-state index contributed by atoms with van der Waals surface area (Å²) < 4.78 is 40.9. The number of nitrogens with one attached hydrogen (secondary N) is 2. The normalized spacial score (nSPS) is 15.5. The number of halogens is 3. The van der Waals surface area contributed by atoms with Gasteiger partial charge in [-0.05, 0) is 56.3 Å². The lowest BCUT2D eigenvalue weighted by Gasteiger charge is -2.26. The van der Waals surface area contributed by atoms with E-state index in [1.165, 1.54) is 26.0 Å². The Balaban J connectivity index is 0.00000341. The first-order valence-electron chi connectivity index (χ1n) is 9.94. The monoisotopic (exact) mass is 550 g/mol. The van der Waals surface area contributed by atoms with E-state index in [-0.39, 0.29) is 42.3 Å². The predicted molar refractivity (Wildman–Crippen MR) is 125 cm³/mol. The summed E-state index contributed by atoms with van der Waals surface area (Å²) in [7, 11) is 3.18. The van der Waals surface area contributed by atoms with Crippen LogP contribution in [0, 0.1) is 0 Å². The fourth-order valence-corrected chi connectivity index (χ4v) is 3.57. The molecule has 1 aliphatic rings. The number of methoxy groups -OCH3 is 1. The van der Waals surface area contributed by atoms with Crippen LogP contribution in [0.1, 0.15) is 30.2 Å². The lowest BCUT2D eigenvalue weighted by Crippen LogP contribution is -2.42. The van der Waals surface area contributed by atoms with Crippen LogP contribution < -0.4 is 20.1 Å². The van der Waals surface area contributed by atoms with E-state index in [4.69, 9.17) is 9.15 Å². The summed E-state index contributed by atoms with van der Waals surface area (Å²) in [4.78, 5) is 6.63. The fraction of sp³-hybridized carbons (Fsp3) is 0.476. The minimum atomic E-state index is -2.90. The fourth-order valence-electron chi connectivity index (χ4n) is 3.57. The number of likely N-dealkylation sites (tertiary alicyclic amines) is 1. The van der Waals surface area contributed by atoms with Crippen LogP contribution in [0.2, 0.25) is 0 Å². The molecule has 0 amide bonds. The summed E-state index contributed by atoms with van der Waals surface area (Å²) in [6.07, 6.45) is 4.03. The van der Waals surface area contributed by atoms with Gasteiger partial charge in [0.2, 0.25) is 0 Å². The molecule has 1 aromatic heterocycles. The van der Waals surface area contributed by atoms with Crippen molar-refractivity contribution < 1.29 is 22.7 Å². The lowest BCUT2D eigenvalue weighted by molar-refractivity contribution is -0.0504. The molecule has 0 aliphatic carbocycles. The van der Waals surface area contributed by atoms with Crippen LogP contribution in [0.15, 0.2) is 46.0 Å². The molecule has 1 fully saturated rings. The van der Waals surface area contributed by atoms with E-state index in [0.29, 0.717) is 23.8 Å². The zero-order valence-corrected chi connectivity index (χ0v) is 20.0. The van der Waals surface area contributed by atoms with E-state index < -0.39 is 6.61 Å². The third kappa shape index (κ3) is 7.23. The molecule has 1 aromatic carbocycles. The second-order valence-corrected chi connectivity index (χ2v) is 6.93. The molecule has 2 N–H and O–H groups in total. The molecule has 0 radical (unpaired) electrons. The molecule has 1 atom stereocenters. The quantitative estimate of drug-likeness (QED) is 0.280. The minimum absolute atomic E-state index is 0. The zero-order chi connectivity index (χ0) is 21.3. The van der Waals surface area contributed by atoms with Gasteiger partial charge in [0.15, 0.2) is 5.96 Å². The Morgan fingerprint density at radius 3 is 2.61 bits per heavy atom. The summed E-state index contributed by atoms with van der Waals surface area (Å²) in [5.41, 5.74) is 0.541. The van der Waals surface area contributed by atoms with Gasteiger partial charge in [-0.25, -0.2) is 0 Å². The number of aliphatic imine (C=N–C) groups is 1. The van der Waals surface area contributed by atoms with Gasteiger partial charge in [0.1, 0.15) is 17.3 Å². The van der Waals surface area contributed by atoms with E-state index >= 15 is 0 Å². The largest absolute Gasteiger partial charge is 0.497 e. The minimum Gasteiger partial charge on any atom is -0.497 e. The Morgan fingerprint density at radius 2 is 2.00 bits per heavy atom. The van der Waals surface area contributed by atoms with Crippen LogP contribution in [-0.4, -0.2) is 51.3 Å². The van der Waals surface area contributed by atoms with Crippen LogP contribution >= 0.6 is 24.0 Å². The molecule has 0 spiro atoms. The number of alkyl halides is 2. The molecule has 1 aliphatic heterocycles. The van der Waals surface area contributed by atoms with Crippen molar-refractivity contribution in [2.75, 3.05) is 33.8 Å². The zero-order valence-electron chi connectivity index (χ0n) is 17.6. The van der Waals surface area contributed by atoms with Gasteiger partial charge >= 0.3 is 6.61 Å². The maximum absolute atomic E-state index is 12.7. The van der Waals surface area contributed by atoms with Crippen molar-refractivity contribution in [3.8, 4) is 11.5 Å². The lowest BCUT2D eigenvalue weighted by atomic mass is 10.2. The number of guanidine groups is 1. The summed E-state index contributed by atoms with van der Waals surface area (Å²) in [6, 6.07) is 8.67. The molecule has 10 heteroatoms. The Hall–Kier alpha value is -2.08. The molecule has 7 nitrogen and oxygen atoms in total. The predicted octanol–water partition coefficient (Wildman–Crippen LogP) is 4.01. The van der Waals surface area contributed by atoms with Gasteiger partial charge in [0, 0.05) is 25.7 Å². The number of ether oxygens (including phenoxy) is 2. The van der Waals surface area contributed by atoms with E-state index in [1.807, 2.05) is 12.1 Å². The number of rotatable bonds is 9. The molecule has 172 valence electrons. The molecular weight excluding hydrogens is 521 g/mol. The summed E-state index contributed by atoms with van der Waals surface area (Å²) in [5, 5.41) is 6.46. The van der Waals surface area contributed by atoms with Crippen molar-refractivity contribution in [1.82, 2.24) is 15.5 Å². The topological polar surface area (TPSA) is 71.3 Å². The van der Waals surface area contributed by atoms with Crippen molar-refractivity contribution in [1.29, 1.82) is 0 Å². The Morgan fingerprint density at radius 1 is 1.23 bits per heavy atom. The highest BCUT2D eigenvalue weighted by atomic mass is 127. The van der Waals surface area contributed by atoms with Crippen LogP contribution in [-0.2, 0) is 6.54 Å². The molecule has 3 rings (SSSR count). The molecule has 2 heterocycles. The molecule has 1 saturated heterocycles. The van der Waals surface area contributed by atoms with Crippen molar-refractivity contribution in [3.63, 3.8) is 0 Å². The van der Waals surface area contributed by atoms with Gasteiger partial charge in [-0.2, -0.15) is 8.78 Å². The van der Waals surface area contributed by atoms with E-state index in [2.05, 4.69) is 25.3 Å². The van der Waals surface area contributed by atoms with E-state index in [9.17, 15) is 8.78 Å². The maximum Gasteiger partial charge on any atom is 0.387 e. The molecule has 0 saturated carbocycles. The Labute approximate surface area is 198 Å². The van der Waals surface area contributed by atoms with Gasteiger partial charge in [0.25, 0.3) is 0 Å². The Bertz CT molecular complexity index is 815. The number of hydrogen-bond donors (Lipinski definition) is 2. The van der Waals surface area contributed by atoms with Gasteiger partial charge in [-0.1, -0.05) is 0 Å². The maximum atomic E-state index is 12.7. The van der Waals surface area contributed by atoms with Crippen LogP contribution in [0.4, 0.5) is 8.78 Å². The van der Waals surface area contributed by atoms with Gasteiger partial charge < -0.3 is 24.5 Å². The first kappa shape index (κ1) is 25.2. The first-order chi connectivity index (χ1) is 14.6.